The van der Waals surface area contributed by atoms with Crippen LogP contribution in [0.5, 0.6) is 0 Å². The summed E-state index contributed by atoms with van der Waals surface area (Å²) in [5.74, 6) is 0. The highest BCUT2D eigenvalue weighted by molar-refractivity contribution is 6.63. The maximum absolute atomic E-state index is 5.90. The first-order valence-corrected chi connectivity index (χ1v) is 9.13. The van der Waals surface area contributed by atoms with E-state index in [0.717, 1.165) is 0 Å². The molecule has 0 spiro atoms. The fraction of sp³-hybridized carbons (Fsp3) is 0.500. The molecule has 1 unspecified atom stereocenters. The Kier molecular flexibility index (Phi) is 7.77. The molecule has 20 heavy (non-hydrogen) atoms. The fourth-order valence-corrected chi connectivity index (χ4v) is 4.64. The summed E-state index contributed by atoms with van der Waals surface area (Å²) in [5.41, 5.74) is 1.30. The summed E-state index contributed by atoms with van der Waals surface area (Å²) in [6.07, 6.45) is 4.23. The zero-order chi connectivity index (χ0) is 14.8. The third kappa shape index (κ3) is 4.87. The minimum atomic E-state index is -2.64. The van der Waals surface area contributed by atoms with Gasteiger partial charge in [-0.05, 0) is 26.3 Å². The van der Waals surface area contributed by atoms with Crippen LogP contribution in [0.1, 0.15) is 33.3 Å². The van der Waals surface area contributed by atoms with Gasteiger partial charge in [0.15, 0.2) is 0 Å². The zero-order valence-electron chi connectivity index (χ0n) is 13.0. The van der Waals surface area contributed by atoms with E-state index in [-0.39, 0.29) is 5.54 Å². The van der Waals surface area contributed by atoms with Gasteiger partial charge < -0.3 is 13.3 Å². The SMILES string of the molecule is CCO[Si](OCC)(OCC)C(C)/C=C/c1ccccc1. The molecule has 0 amide bonds. The minimum Gasteiger partial charge on any atom is -0.373 e. The van der Waals surface area contributed by atoms with Crippen molar-refractivity contribution in [3.63, 3.8) is 0 Å². The van der Waals surface area contributed by atoms with Crippen LogP contribution in [0.4, 0.5) is 0 Å². The van der Waals surface area contributed by atoms with Crippen LogP contribution < -0.4 is 0 Å². The van der Waals surface area contributed by atoms with Crippen molar-refractivity contribution >= 4 is 14.9 Å². The van der Waals surface area contributed by atoms with E-state index in [9.17, 15) is 0 Å². The molecule has 1 aromatic rings. The molecule has 0 saturated heterocycles. The second kappa shape index (κ2) is 9.08. The van der Waals surface area contributed by atoms with Gasteiger partial charge in [-0.25, -0.2) is 0 Å². The Labute approximate surface area is 123 Å². The lowest BCUT2D eigenvalue weighted by molar-refractivity contribution is 0.0667. The van der Waals surface area contributed by atoms with E-state index in [4.69, 9.17) is 13.3 Å². The Bertz CT molecular complexity index is 375. The van der Waals surface area contributed by atoms with Gasteiger partial charge in [0.05, 0.1) is 0 Å². The van der Waals surface area contributed by atoms with Gasteiger partial charge in [0.2, 0.25) is 0 Å². The van der Waals surface area contributed by atoms with Crippen molar-refractivity contribution in [1.29, 1.82) is 0 Å². The second-order valence-electron chi connectivity index (χ2n) is 4.46. The van der Waals surface area contributed by atoms with Crippen LogP contribution in [-0.4, -0.2) is 28.6 Å². The Morgan fingerprint density at radius 1 is 0.950 bits per heavy atom. The Morgan fingerprint density at radius 2 is 1.45 bits per heavy atom. The standard InChI is InChI=1S/C16H26O3Si/c1-5-17-20(18-6-2,19-7-3)15(4)13-14-16-11-9-8-10-12-16/h8-15H,5-7H2,1-4H3/b14-13+. The topological polar surface area (TPSA) is 27.7 Å². The summed E-state index contributed by atoms with van der Waals surface area (Å²) < 4.78 is 17.7. The lowest BCUT2D eigenvalue weighted by Crippen LogP contribution is -2.49. The zero-order valence-corrected chi connectivity index (χ0v) is 14.0. The average molecular weight is 294 g/mol. The smallest absolute Gasteiger partial charge is 0.373 e. The van der Waals surface area contributed by atoms with Gasteiger partial charge in [0.25, 0.3) is 0 Å². The third-order valence-electron chi connectivity index (χ3n) is 2.97. The molecule has 0 heterocycles. The summed E-state index contributed by atoms with van der Waals surface area (Å²) in [6, 6.07) is 10.2. The van der Waals surface area contributed by atoms with Crippen LogP contribution in [-0.2, 0) is 13.3 Å². The van der Waals surface area contributed by atoms with Gasteiger partial charge in [-0.15, -0.1) is 0 Å². The van der Waals surface area contributed by atoms with Crippen molar-refractivity contribution in [3.05, 3.63) is 42.0 Å². The molecule has 0 aliphatic rings. The quantitative estimate of drug-likeness (QED) is 0.641. The molecule has 0 aliphatic carbocycles. The highest BCUT2D eigenvalue weighted by atomic mass is 28.4. The highest BCUT2D eigenvalue weighted by Gasteiger charge is 2.45. The predicted molar refractivity (Wildman–Crippen MR) is 85.5 cm³/mol. The van der Waals surface area contributed by atoms with Crippen molar-refractivity contribution in [2.45, 2.75) is 33.2 Å². The van der Waals surface area contributed by atoms with Crippen LogP contribution in [0, 0.1) is 0 Å². The first-order chi connectivity index (χ1) is 9.68. The van der Waals surface area contributed by atoms with E-state index in [2.05, 4.69) is 31.2 Å². The lowest BCUT2D eigenvalue weighted by atomic mass is 10.2. The fourth-order valence-electron chi connectivity index (χ4n) is 2.06. The Balaban J connectivity index is 2.85. The van der Waals surface area contributed by atoms with E-state index in [1.807, 2.05) is 39.0 Å². The van der Waals surface area contributed by atoms with Crippen molar-refractivity contribution < 1.29 is 13.3 Å². The molecule has 112 valence electrons. The maximum Gasteiger partial charge on any atom is 0.507 e. The van der Waals surface area contributed by atoms with Crippen LogP contribution >= 0.6 is 0 Å². The van der Waals surface area contributed by atoms with Crippen molar-refractivity contribution in [2.75, 3.05) is 19.8 Å². The van der Waals surface area contributed by atoms with Gasteiger partial charge in [-0.1, -0.05) is 49.4 Å². The molecule has 1 rings (SSSR count). The van der Waals surface area contributed by atoms with E-state index in [1.54, 1.807) is 0 Å². The molecule has 3 nitrogen and oxygen atoms in total. The summed E-state index contributed by atoms with van der Waals surface area (Å²) in [4.78, 5) is 0. The number of hydrogen-bond donors (Lipinski definition) is 0. The molecule has 1 aromatic carbocycles. The lowest BCUT2D eigenvalue weighted by Gasteiger charge is -2.32. The predicted octanol–water partition coefficient (Wildman–Crippen LogP) is 4.14. The number of allylic oxidation sites excluding steroid dienone is 1. The molecule has 0 aromatic heterocycles. The molecule has 0 N–H and O–H groups in total. The largest absolute Gasteiger partial charge is 0.507 e. The van der Waals surface area contributed by atoms with Crippen LogP contribution in [0.25, 0.3) is 6.08 Å². The number of hydrogen-bond acceptors (Lipinski definition) is 3. The molecule has 0 saturated carbocycles. The summed E-state index contributed by atoms with van der Waals surface area (Å²) in [6.45, 7) is 9.86. The van der Waals surface area contributed by atoms with Gasteiger partial charge in [-0.3, -0.25) is 0 Å². The first-order valence-electron chi connectivity index (χ1n) is 7.33. The Hall–Kier alpha value is -0.943. The van der Waals surface area contributed by atoms with E-state index >= 15 is 0 Å². The normalized spacial score (nSPS) is 13.8. The molecular weight excluding hydrogens is 268 g/mol. The first kappa shape index (κ1) is 17.1. The van der Waals surface area contributed by atoms with Crippen molar-refractivity contribution in [3.8, 4) is 0 Å². The van der Waals surface area contributed by atoms with Crippen LogP contribution in [0.15, 0.2) is 36.4 Å². The highest BCUT2D eigenvalue weighted by Crippen LogP contribution is 2.27. The van der Waals surface area contributed by atoms with Gasteiger partial charge in [-0.2, -0.15) is 0 Å². The molecule has 0 aliphatic heterocycles. The van der Waals surface area contributed by atoms with E-state index < -0.39 is 8.80 Å². The molecule has 4 heteroatoms. The number of rotatable bonds is 9. The number of benzene rings is 1. The maximum atomic E-state index is 5.90. The third-order valence-corrected chi connectivity index (χ3v) is 6.35. The monoisotopic (exact) mass is 294 g/mol. The second-order valence-corrected chi connectivity index (χ2v) is 7.44. The van der Waals surface area contributed by atoms with Crippen LogP contribution in [0.2, 0.25) is 5.54 Å². The molecule has 0 fully saturated rings. The summed E-state index contributed by atoms with van der Waals surface area (Å²) in [5, 5.41) is 0. The molecular formula is C16H26O3Si. The molecule has 0 bridgehead atoms. The summed E-state index contributed by atoms with van der Waals surface area (Å²) in [7, 11) is -2.64. The van der Waals surface area contributed by atoms with Crippen LogP contribution in [0.3, 0.4) is 0 Å². The van der Waals surface area contributed by atoms with Crippen molar-refractivity contribution in [2.24, 2.45) is 0 Å². The Morgan fingerprint density at radius 3 is 1.90 bits per heavy atom. The molecule has 1 atom stereocenters. The minimum absolute atomic E-state index is 0.127. The van der Waals surface area contributed by atoms with Gasteiger partial charge in [0.1, 0.15) is 0 Å². The molecule has 0 radical (unpaired) electrons. The van der Waals surface area contributed by atoms with Crippen molar-refractivity contribution in [1.82, 2.24) is 0 Å². The summed E-state index contributed by atoms with van der Waals surface area (Å²) >= 11 is 0. The van der Waals surface area contributed by atoms with Gasteiger partial charge >= 0.3 is 8.80 Å². The van der Waals surface area contributed by atoms with E-state index in [0.29, 0.717) is 19.8 Å². The average Bonchev–Trinajstić information content (AvgIpc) is 2.46. The van der Waals surface area contributed by atoms with Gasteiger partial charge in [0, 0.05) is 25.4 Å². The van der Waals surface area contributed by atoms with E-state index in [1.165, 1.54) is 5.56 Å².